The summed E-state index contributed by atoms with van der Waals surface area (Å²) in [5.74, 6) is 0.0312. The average molecular weight is 321 g/mol. The number of carbonyl (C=O) groups is 1. The Labute approximate surface area is 128 Å². The van der Waals surface area contributed by atoms with E-state index in [9.17, 15) is 13.6 Å². The third-order valence-corrected chi connectivity index (χ3v) is 3.59. The van der Waals surface area contributed by atoms with E-state index >= 15 is 0 Å². The van der Waals surface area contributed by atoms with Crippen molar-refractivity contribution in [3.63, 3.8) is 0 Å². The number of halogens is 3. The standard InChI is InChI=1S/C14H18F2N2O2.ClH/c1-18(12(19)14(17)7-2-8-14)9-10-3-5-11(6-4-10)20-13(15)16;/h3-6,13H,2,7-9,17H2,1H3;1H. The Morgan fingerprint density at radius 3 is 2.38 bits per heavy atom. The monoisotopic (exact) mass is 320 g/mol. The second-order valence-corrected chi connectivity index (χ2v) is 5.19. The second kappa shape index (κ2) is 7.04. The maximum atomic E-state index is 12.1. The van der Waals surface area contributed by atoms with Gasteiger partial charge < -0.3 is 15.4 Å². The number of rotatable bonds is 5. The van der Waals surface area contributed by atoms with Crippen molar-refractivity contribution in [1.29, 1.82) is 0 Å². The molecule has 0 unspecified atom stereocenters. The van der Waals surface area contributed by atoms with E-state index in [-0.39, 0.29) is 24.1 Å². The molecule has 1 aromatic carbocycles. The quantitative estimate of drug-likeness (QED) is 0.907. The van der Waals surface area contributed by atoms with E-state index in [4.69, 9.17) is 5.73 Å². The number of alkyl halides is 2. The van der Waals surface area contributed by atoms with Gasteiger partial charge in [0.05, 0.1) is 5.54 Å². The Morgan fingerprint density at radius 1 is 1.38 bits per heavy atom. The summed E-state index contributed by atoms with van der Waals surface area (Å²) in [7, 11) is 1.69. The first kappa shape index (κ1) is 17.7. The molecule has 4 nitrogen and oxygen atoms in total. The lowest BCUT2D eigenvalue weighted by Crippen LogP contribution is -2.58. The maximum absolute atomic E-state index is 12.1. The minimum Gasteiger partial charge on any atom is -0.435 e. The van der Waals surface area contributed by atoms with Crippen molar-refractivity contribution in [1.82, 2.24) is 4.90 Å². The largest absolute Gasteiger partial charge is 0.435 e. The number of nitrogens with zero attached hydrogens (tertiary/aromatic N) is 1. The lowest BCUT2D eigenvalue weighted by molar-refractivity contribution is -0.139. The third kappa shape index (κ3) is 4.28. The molecule has 0 radical (unpaired) electrons. The molecule has 1 aromatic rings. The van der Waals surface area contributed by atoms with Gasteiger partial charge in [0.1, 0.15) is 5.75 Å². The molecule has 0 heterocycles. The van der Waals surface area contributed by atoms with Crippen LogP contribution in [0.3, 0.4) is 0 Å². The third-order valence-electron chi connectivity index (χ3n) is 3.59. The van der Waals surface area contributed by atoms with Gasteiger partial charge in [-0.3, -0.25) is 4.79 Å². The topological polar surface area (TPSA) is 55.6 Å². The molecule has 1 amide bonds. The first-order valence-electron chi connectivity index (χ1n) is 6.49. The van der Waals surface area contributed by atoms with Crippen LogP contribution in [0.1, 0.15) is 24.8 Å². The number of carbonyl (C=O) groups excluding carboxylic acids is 1. The smallest absolute Gasteiger partial charge is 0.387 e. The van der Waals surface area contributed by atoms with E-state index in [2.05, 4.69) is 4.74 Å². The van der Waals surface area contributed by atoms with Crippen molar-refractivity contribution < 1.29 is 18.3 Å². The zero-order valence-electron chi connectivity index (χ0n) is 11.7. The van der Waals surface area contributed by atoms with Gasteiger partial charge in [-0.25, -0.2) is 0 Å². The van der Waals surface area contributed by atoms with Gasteiger partial charge in [0, 0.05) is 13.6 Å². The van der Waals surface area contributed by atoms with Crippen molar-refractivity contribution >= 4 is 18.3 Å². The van der Waals surface area contributed by atoms with Gasteiger partial charge in [-0.15, -0.1) is 12.4 Å². The number of hydrogen-bond acceptors (Lipinski definition) is 3. The van der Waals surface area contributed by atoms with Gasteiger partial charge >= 0.3 is 6.61 Å². The summed E-state index contributed by atoms with van der Waals surface area (Å²) in [6.45, 7) is -2.44. The number of nitrogens with two attached hydrogens (primary N) is 1. The molecule has 1 aliphatic rings. The molecule has 7 heteroatoms. The molecule has 1 fully saturated rings. The molecule has 2 rings (SSSR count). The van der Waals surface area contributed by atoms with Crippen molar-refractivity contribution in [3.8, 4) is 5.75 Å². The van der Waals surface area contributed by atoms with E-state index < -0.39 is 12.2 Å². The summed E-state index contributed by atoms with van der Waals surface area (Å²) in [5.41, 5.74) is 6.11. The highest BCUT2D eigenvalue weighted by atomic mass is 35.5. The molecule has 118 valence electrons. The highest BCUT2D eigenvalue weighted by molar-refractivity contribution is 5.86. The Morgan fingerprint density at radius 2 is 1.95 bits per heavy atom. The van der Waals surface area contributed by atoms with Gasteiger partial charge in [0.15, 0.2) is 0 Å². The Hall–Kier alpha value is -1.40. The van der Waals surface area contributed by atoms with Gasteiger partial charge in [-0.1, -0.05) is 12.1 Å². The Bertz CT molecular complexity index is 478. The van der Waals surface area contributed by atoms with Crippen LogP contribution in [0.25, 0.3) is 0 Å². The zero-order valence-corrected chi connectivity index (χ0v) is 12.5. The Balaban J connectivity index is 0.00000220. The van der Waals surface area contributed by atoms with Gasteiger partial charge in [-0.05, 0) is 37.0 Å². The Kier molecular flexibility index (Phi) is 5.92. The summed E-state index contributed by atoms with van der Waals surface area (Å²) in [6, 6.07) is 6.24. The lowest BCUT2D eigenvalue weighted by Gasteiger charge is -2.39. The van der Waals surface area contributed by atoms with Gasteiger partial charge in [-0.2, -0.15) is 8.78 Å². The minimum atomic E-state index is -2.83. The molecule has 0 saturated heterocycles. The van der Waals surface area contributed by atoms with Crippen LogP contribution in [-0.4, -0.2) is 30.0 Å². The van der Waals surface area contributed by atoms with Crippen LogP contribution < -0.4 is 10.5 Å². The van der Waals surface area contributed by atoms with E-state index in [1.165, 1.54) is 12.1 Å². The molecule has 0 atom stereocenters. The van der Waals surface area contributed by atoms with Crippen molar-refractivity contribution in [2.45, 2.75) is 38.0 Å². The lowest BCUT2D eigenvalue weighted by atomic mass is 9.76. The molecule has 0 aromatic heterocycles. The number of benzene rings is 1. The van der Waals surface area contributed by atoms with Crippen LogP contribution in [0.15, 0.2) is 24.3 Å². The summed E-state index contributed by atoms with van der Waals surface area (Å²) in [4.78, 5) is 13.7. The van der Waals surface area contributed by atoms with E-state index in [0.717, 1.165) is 24.8 Å². The maximum Gasteiger partial charge on any atom is 0.387 e. The van der Waals surface area contributed by atoms with Crippen LogP contribution in [0.2, 0.25) is 0 Å². The normalized spacial score (nSPS) is 15.9. The fraction of sp³-hybridized carbons (Fsp3) is 0.500. The molecule has 1 saturated carbocycles. The highest BCUT2D eigenvalue weighted by Crippen LogP contribution is 2.31. The molecule has 2 N–H and O–H groups in total. The van der Waals surface area contributed by atoms with E-state index in [0.29, 0.717) is 6.54 Å². The van der Waals surface area contributed by atoms with Crippen molar-refractivity contribution in [3.05, 3.63) is 29.8 Å². The molecule has 0 aliphatic heterocycles. The SMILES string of the molecule is CN(Cc1ccc(OC(F)F)cc1)C(=O)C1(N)CCC1.Cl. The summed E-state index contributed by atoms with van der Waals surface area (Å²) >= 11 is 0. The zero-order chi connectivity index (χ0) is 14.8. The highest BCUT2D eigenvalue weighted by Gasteiger charge is 2.41. The second-order valence-electron chi connectivity index (χ2n) is 5.19. The van der Waals surface area contributed by atoms with Crippen LogP contribution in [0.4, 0.5) is 8.78 Å². The predicted molar refractivity (Wildman–Crippen MR) is 77.6 cm³/mol. The number of ether oxygens (including phenoxy) is 1. The van der Waals surface area contributed by atoms with Crippen LogP contribution in [-0.2, 0) is 11.3 Å². The fourth-order valence-corrected chi connectivity index (χ4v) is 2.27. The number of likely N-dealkylation sites (N-methyl/N-ethyl adjacent to an activating group) is 1. The molecule has 0 spiro atoms. The molecule has 0 bridgehead atoms. The summed E-state index contributed by atoms with van der Waals surface area (Å²) in [6.07, 6.45) is 2.42. The van der Waals surface area contributed by atoms with Crippen molar-refractivity contribution in [2.75, 3.05) is 7.05 Å². The first-order valence-corrected chi connectivity index (χ1v) is 6.49. The summed E-state index contributed by atoms with van der Waals surface area (Å²) in [5, 5.41) is 0. The summed E-state index contributed by atoms with van der Waals surface area (Å²) < 4.78 is 28.3. The van der Waals surface area contributed by atoms with Gasteiger partial charge in [0.2, 0.25) is 5.91 Å². The predicted octanol–water partition coefficient (Wildman–Crippen LogP) is 2.55. The van der Waals surface area contributed by atoms with Crippen molar-refractivity contribution in [2.24, 2.45) is 5.73 Å². The fourth-order valence-electron chi connectivity index (χ4n) is 2.27. The molecular weight excluding hydrogens is 302 g/mol. The van der Waals surface area contributed by atoms with Gasteiger partial charge in [0.25, 0.3) is 0 Å². The van der Waals surface area contributed by atoms with Crippen LogP contribution >= 0.6 is 12.4 Å². The molecular formula is C14H19ClF2N2O2. The average Bonchev–Trinajstić information content (AvgIpc) is 2.36. The van der Waals surface area contributed by atoms with E-state index in [1.807, 2.05) is 0 Å². The van der Waals surface area contributed by atoms with Crippen LogP contribution in [0, 0.1) is 0 Å². The van der Waals surface area contributed by atoms with E-state index in [1.54, 1.807) is 24.1 Å². The number of amides is 1. The minimum absolute atomic E-state index is 0. The first-order chi connectivity index (χ1) is 9.40. The number of hydrogen-bond donors (Lipinski definition) is 1. The van der Waals surface area contributed by atoms with Crippen LogP contribution in [0.5, 0.6) is 5.75 Å². The molecule has 1 aliphatic carbocycles. The molecule has 21 heavy (non-hydrogen) atoms.